The number of hydrogen-bond donors (Lipinski definition) is 2. The molecule has 2 aromatic rings. The summed E-state index contributed by atoms with van der Waals surface area (Å²) in [7, 11) is 6.23. The molecule has 1 aliphatic rings. The van der Waals surface area contributed by atoms with Crippen molar-refractivity contribution in [3.63, 3.8) is 0 Å². The number of nitrogen functional groups attached to an aromatic ring is 1. The Balaban J connectivity index is 0.00000316. The van der Waals surface area contributed by atoms with E-state index in [1.165, 1.54) is 16.5 Å². The quantitative estimate of drug-likeness (QED) is 0.0477. The Bertz CT molecular complexity index is 1250. The van der Waals surface area contributed by atoms with Crippen LogP contribution in [-0.4, -0.2) is 29.8 Å². The third-order valence-electron chi connectivity index (χ3n) is 7.32. The molecule has 1 aliphatic heterocycles. The minimum absolute atomic E-state index is 0.547. The van der Waals surface area contributed by atoms with Crippen LogP contribution < -0.4 is 20.5 Å². The average Bonchev–Trinajstić information content (AvgIpc) is 3.02. The highest BCUT2D eigenvalue weighted by Gasteiger charge is 2.38. The minimum Gasteiger partial charge on any atom is -0.495 e. The number of halogens is 1. The number of allylic oxidation sites excluding steroid dienone is 4. The molecule has 0 aromatic heterocycles. The number of para-hydroxylation sites is 1. The predicted octanol–water partition coefficient (Wildman–Crippen LogP) is 10.0. The Morgan fingerprint density at radius 2 is 1.86 bits per heavy atom. The van der Waals surface area contributed by atoms with Gasteiger partial charge >= 0.3 is 0 Å². The van der Waals surface area contributed by atoms with Crippen molar-refractivity contribution in [2.45, 2.75) is 91.7 Å². The first kappa shape index (κ1) is 37.1. The van der Waals surface area contributed by atoms with Gasteiger partial charge in [0.05, 0.1) is 19.9 Å². The zero-order chi connectivity index (χ0) is 31.8. The van der Waals surface area contributed by atoms with Crippen molar-refractivity contribution in [3.05, 3.63) is 71.3 Å². The van der Waals surface area contributed by atoms with Crippen LogP contribution in [0, 0.1) is 0 Å². The molecule has 6 nitrogen and oxygen atoms in total. The first-order valence-corrected chi connectivity index (χ1v) is 17.2. The number of nitrogens with zero attached hydrogens (tertiary/aromatic N) is 1. The second-order valence-electron chi connectivity index (χ2n) is 10.3. The van der Waals surface area contributed by atoms with Gasteiger partial charge in [0.15, 0.2) is 5.72 Å². The van der Waals surface area contributed by atoms with E-state index in [0.29, 0.717) is 5.69 Å². The smallest absolute Gasteiger partial charge is 0.182 e. The largest absolute Gasteiger partial charge is 0.495 e. The highest BCUT2D eigenvalue weighted by atomic mass is 127. The van der Waals surface area contributed by atoms with Crippen LogP contribution in [-0.2, 0) is 4.84 Å². The first-order chi connectivity index (χ1) is 20.8. The summed E-state index contributed by atoms with van der Waals surface area (Å²) in [5.74, 6) is 1.64. The van der Waals surface area contributed by atoms with Crippen molar-refractivity contribution in [1.29, 1.82) is 0 Å². The van der Waals surface area contributed by atoms with Crippen molar-refractivity contribution in [2.24, 2.45) is 0 Å². The molecule has 2 unspecified atom stereocenters. The van der Waals surface area contributed by atoms with Crippen molar-refractivity contribution in [3.8, 4) is 11.5 Å². The second kappa shape index (κ2) is 19.4. The predicted molar refractivity (Wildman–Crippen MR) is 197 cm³/mol. The van der Waals surface area contributed by atoms with E-state index >= 15 is 0 Å². The number of hydrogen-bond acceptors (Lipinski definition) is 6. The molecule has 0 saturated carbocycles. The number of rotatable bonds is 15. The van der Waals surface area contributed by atoms with Crippen LogP contribution in [0.1, 0.15) is 103 Å². The zero-order valence-corrected chi connectivity index (χ0v) is 30.6. The third kappa shape index (κ3) is 10.5. The molecule has 1 heterocycles. The maximum absolute atomic E-state index is 6.85. The topological polar surface area (TPSA) is 69.0 Å². The Morgan fingerprint density at radius 3 is 2.51 bits per heavy atom. The number of unbranched alkanes of at least 4 members (excludes halogenated alkanes) is 1. The van der Waals surface area contributed by atoms with Crippen LogP contribution >= 0.6 is 32.1 Å². The van der Waals surface area contributed by atoms with Gasteiger partial charge in [-0.1, -0.05) is 77.5 Å². The zero-order valence-electron chi connectivity index (χ0n) is 27.3. The molecular formula is C35H53IN3O3P. The third-order valence-corrected chi connectivity index (χ3v) is 8.76. The maximum atomic E-state index is 6.85. The Kier molecular flexibility index (Phi) is 16.7. The summed E-state index contributed by atoms with van der Waals surface area (Å²) in [5.41, 5.74) is 12.4. The summed E-state index contributed by atoms with van der Waals surface area (Å²) in [6.07, 6.45) is 14.3. The molecule has 2 aromatic carbocycles. The summed E-state index contributed by atoms with van der Waals surface area (Å²) in [6.45, 7) is 11.3. The molecule has 2 atom stereocenters. The number of fused-ring (bicyclic) bond motifs is 1. The van der Waals surface area contributed by atoms with Gasteiger partial charge in [0.1, 0.15) is 11.5 Å². The second-order valence-corrected chi connectivity index (χ2v) is 12.0. The van der Waals surface area contributed by atoms with E-state index in [2.05, 4.69) is 101 Å². The lowest BCUT2D eigenvalue weighted by Crippen LogP contribution is -2.53. The van der Waals surface area contributed by atoms with Gasteiger partial charge in [0, 0.05) is 59.1 Å². The molecular weight excluding hydrogens is 668 g/mol. The van der Waals surface area contributed by atoms with E-state index in [0.717, 1.165) is 86.2 Å². The Hall–Kier alpha value is -2.06. The molecule has 0 bridgehead atoms. The Labute approximate surface area is 277 Å². The molecule has 0 spiro atoms. The van der Waals surface area contributed by atoms with E-state index in [4.69, 9.17) is 20.0 Å². The lowest BCUT2D eigenvalue weighted by atomic mass is 9.94. The maximum Gasteiger partial charge on any atom is 0.182 e. The fraction of sp³-hybridized carbons (Fsp3) is 0.486. The SMILES string of the molecule is CC.CC/C=C(\P)c1ccc2c(c1)/C(=C\CC)NC(CCC/C=C(/CCC)c1cccc(OC)c1N)(CCN(I)OC)O2. The fourth-order valence-electron chi connectivity index (χ4n) is 5.25. The van der Waals surface area contributed by atoms with Gasteiger partial charge in [-0.15, -0.1) is 12.5 Å². The summed E-state index contributed by atoms with van der Waals surface area (Å²) in [5, 5.41) is 5.04. The van der Waals surface area contributed by atoms with Gasteiger partial charge in [-0.05, 0) is 66.8 Å². The molecule has 3 N–H and O–H groups in total. The van der Waals surface area contributed by atoms with Crippen molar-refractivity contribution in [2.75, 3.05) is 26.5 Å². The average molecular weight is 722 g/mol. The molecule has 0 amide bonds. The minimum atomic E-state index is -0.547. The van der Waals surface area contributed by atoms with E-state index in [-0.39, 0.29) is 0 Å². The van der Waals surface area contributed by atoms with Gasteiger partial charge in [0.2, 0.25) is 0 Å². The molecule has 238 valence electrons. The summed E-state index contributed by atoms with van der Waals surface area (Å²) in [4.78, 5) is 5.44. The normalized spacial score (nSPS) is 17.6. The van der Waals surface area contributed by atoms with Crippen LogP contribution in [0.4, 0.5) is 5.69 Å². The molecule has 43 heavy (non-hydrogen) atoms. The van der Waals surface area contributed by atoms with E-state index < -0.39 is 5.72 Å². The van der Waals surface area contributed by atoms with E-state index in [1.54, 1.807) is 14.2 Å². The molecule has 8 heteroatoms. The first-order valence-electron chi connectivity index (χ1n) is 15.7. The highest BCUT2D eigenvalue weighted by molar-refractivity contribution is 14.1. The van der Waals surface area contributed by atoms with Crippen molar-refractivity contribution >= 4 is 54.4 Å². The van der Waals surface area contributed by atoms with Crippen LogP contribution in [0.5, 0.6) is 11.5 Å². The van der Waals surface area contributed by atoms with Crippen LogP contribution in [0.2, 0.25) is 0 Å². The number of ether oxygens (including phenoxy) is 2. The monoisotopic (exact) mass is 721 g/mol. The summed E-state index contributed by atoms with van der Waals surface area (Å²) >= 11 is 2.20. The van der Waals surface area contributed by atoms with Crippen LogP contribution in [0.25, 0.3) is 16.6 Å². The number of methoxy groups -OCH3 is 1. The molecule has 0 saturated heterocycles. The van der Waals surface area contributed by atoms with E-state index in [1.807, 2.05) is 29.3 Å². The molecule has 0 aliphatic carbocycles. The Morgan fingerprint density at radius 1 is 1.09 bits per heavy atom. The number of nitrogens with two attached hydrogens (primary N) is 1. The van der Waals surface area contributed by atoms with E-state index in [9.17, 15) is 0 Å². The van der Waals surface area contributed by atoms with Crippen LogP contribution in [0.3, 0.4) is 0 Å². The molecule has 3 rings (SSSR count). The van der Waals surface area contributed by atoms with Crippen LogP contribution in [0.15, 0.2) is 54.6 Å². The molecule has 0 fully saturated rings. The highest BCUT2D eigenvalue weighted by Crippen LogP contribution is 2.40. The molecule has 0 radical (unpaired) electrons. The summed E-state index contributed by atoms with van der Waals surface area (Å²) in [6, 6.07) is 12.5. The lowest BCUT2D eigenvalue weighted by Gasteiger charge is -2.42. The number of anilines is 1. The number of hydroxylamine groups is 1. The number of benzene rings is 2. The number of nitrogens with one attached hydrogen (secondary N) is 1. The van der Waals surface area contributed by atoms with Crippen molar-refractivity contribution < 1.29 is 14.3 Å². The van der Waals surface area contributed by atoms with Gasteiger partial charge < -0.3 is 20.5 Å². The van der Waals surface area contributed by atoms with Gasteiger partial charge in [0.25, 0.3) is 0 Å². The van der Waals surface area contributed by atoms with Gasteiger partial charge in [-0.25, -0.2) is 0 Å². The summed E-state index contributed by atoms with van der Waals surface area (Å²) < 4.78 is 14.2. The fourth-order valence-corrected chi connectivity index (χ4v) is 5.91. The lowest BCUT2D eigenvalue weighted by molar-refractivity contribution is -0.0457. The van der Waals surface area contributed by atoms with Gasteiger partial charge in [-0.2, -0.15) is 0 Å². The van der Waals surface area contributed by atoms with Gasteiger partial charge in [-0.3, -0.25) is 4.84 Å². The standard InChI is InChI=1S/C33H47IN3O3P.C2H6/c1-6-12-24(26-16-11-17-30(38-4)32(26)35)15-9-10-20-33(21-22-37(34)39-5)36-28(13-7-2)27-23-25(31(41)14-8-3)18-19-29(27)40-33;1-2/h11,13-19,23,36H,6-10,12,20-22,35,41H2,1-5H3;1-2H3/b24-15-,28-13+,31-14-;. The van der Waals surface area contributed by atoms with Crippen molar-refractivity contribution in [1.82, 2.24) is 8.59 Å².